The summed E-state index contributed by atoms with van der Waals surface area (Å²) in [6, 6.07) is 66.7. The molecule has 0 amide bonds. The van der Waals surface area contributed by atoms with Gasteiger partial charge in [0, 0.05) is 0 Å². The van der Waals surface area contributed by atoms with E-state index in [4.69, 9.17) is 0 Å². The predicted molar refractivity (Wildman–Crippen MR) is 198 cm³/mol. The van der Waals surface area contributed by atoms with Crippen molar-refractivity contribution in [2.24, 2.45) is 0 Å². The van der Waals surface area contributed by atoms with E-state index in [2.05, 4.69) is 182 Å². The second-order valence-corrected chi connectivity index (χ2v) is 12.1. The molecule has 0 saturated heterocycles. The molecule has 9 rings (SSSR count). The largest absolute Gasteiger partial charge is 0.0622 e. The second kappa shape index (κ2) is 10.9. The third kappa shape index (κ3) is 4.47. The fourth-order valence-corrected chi connectivity index (χ4v) is 7.14. The molecule has 0 saturated carbocycles. The van der Waals surface area contributed by atoms with E-state index >= 15 is 0 Å². The van der Waals surface area contributed by atoms with Gasteiger partial charge in [-0.1, -0.05) is 146 Å². The van der Waals surface area contributed by atoms with Gasteiger partial charge in [0.05, 0.1) is 0 Å². The predicted octanol–water partition coefficient (Wildman–Crippen LogP) is 13.0. The highest BCUT2D eigenvalue weighted by Gasteiger charge is 2.18. The van der Waals surface area contributed by atoms with Crippen LogP contribution in [0.4, 0.5) is 0 Å². The zero-order valence-corrected chi connectivity index (χ0v) is 25.3. The molecule has 0 radical (unpaired) electrons. The summed E-state index contributed by atoms with van der Waals surface area (Å²) < 4.78 is 0. The molecule has 0 aromatic heterocycles. The molecule has 0 fully saturated rings. The van der Waals surface area contributed by atoms with Gasteiger partial charge in [0.15, 0.2) is 0 Å². The summed E-state index contributed by atoms with van der Waals surface area (Å²) in [5, 5.41) is 10.0. The monoisotopic (exact) mass is 582 g/mol. The highest BCUT2D eigenvalue weighted by atomic mass is 14.2. The van der Waals surface area contributed by atoms with E-state index in [0.29, 0.717) is 0 Å². The van der Waals surface area contributed by atoms with Crippen LogP contribution in [0.15, 0.2) is 182 Å². The molecule has 0 nitrogen and oxygen atoms in total. The van der Waals surface area contributed by atoms with Gasteiger partial charge in [0.2, 0.25) is 0 Å². The Morgan fingerprint density at radius 1 is 0.196 bits per heavy atom. The minimum Gasteiger partial charge on any atom is -0.0622 e. The van der Waals surface area contributed by atoms with Crippen molar-refractivity contribution in [3.63, 3.8) is 0 Å². The summed E-state index contributed by atoms with van der Waals surface area (Å²) in [5.41, 5.74) is 9.93. The van der Waals surface area contributed by atoms with Gasteiger partial charge in [-0.2, -0.15) is 0 Å². The minimum absolute atomic E-state index is 1.22. The second-order valence-electron chi connectivity index (χ2n) is 12.1. The maximum atomic E-state index is 2.40. The summed E-state index contributed by atoms with van der Waals surface area (Å²) in [6.07, 6.45) is 0. The van der Waals surface area contributed by atoms with Crippen molar-refractivity contribution in [1.82, 2.24) is 0 Å². The van der Waals surface area contributed by atoms with Crippen molar-refractivity contribution >= 4 is 43.1 Å². The van der Waals surface area contributed by atoms with E-state index in [0.717, 1.165) is 0 Å². The van der Waals surface area contributed by atoms with Crippen molar-refractivity contribution in [3.8, 4) is 44.5 Å². The third-order valence-electron chi connectivity index (χ3n) is 9.40. The minimum atomic E-state index is 1.22. The molecule has 0 bridgehead atoms. The molecule has 0 heteroatoms. The summed E-state index contributed by atoms with van der Waals surface area (Å²) >= 11 is 0. The van der Waals surface area contributed by atoms with E-state index in [1.54, 1.807) is 0 Å². The Bertz CT molecular complexity index is 2380. The maximum absolute atomic E-state index is 2.40. The summed E-state index contributed by atoms with van der Waals surface area (Å²) in [7, 11) is 0. The molecule has 9 aromatic carbocycles. The highest BCUT2D eigenvalue weighted by Crippen LogP contribution is 2.45. The van der Waals surface area contributed by atoms with Crippen molar-refractivity contribution in [3.05, 3.63) is 182 Å². The number of hydrogen-bond acceptors (Lipinski definition) is 0. The molecule has 9 aromatic rings. The Labute approximate surface area is 268 Å². The van der Waals surface area contributed by atoms with E-state index in [1.807, 2.05) is 0 Å². The van der Waals surface area contributed by atoms with Gasteiger partial charge in [-0.25, -0.2) is 0 Å². The molecule has 0 atom stereocenters. The first-order valence-corrected chi connectivity index (χ1v) is 15.9. The van der Waals surface area contributed by atoms with Crippen LogP contribution >= 0.6 is 0 Å². The number of fused-ring (bicyclic) bond motifs is 4. The Morgan fingerprint density at radius 3 is 0.826 bits per heavy atom. The highest BCUT2D eigenvalue weighted by molar-refractivity contribution is 6.14. The lowest BCUT2D eigenvalue weighted by Gasteiger charge is -2.19. The molecular formula is C46H30. The molecule has 0 spiro atoms. The SMILES string of the molecule is c1ccc(-c2cc3ccccc3cc2-c2ccc(-c3cc4ccccc4cc3-c3ccccc3)c3cc4ccccc4cc23)cc1. The Kier molecular flexibility index (Phi) is 6.25. The third-order valence-corrected chi connectivity index (χ3v) is 9.40. The van der Waals surface area contributed by atoms with Crippen molar-refractivity contribution in [2.45, 2.75) is 0 Å². The van der Waals surface area contributed by atoms with E-state index in [-0.39, 0.29) is 0 Å². The fourth-order valence-electron chi connectivity index (χ4n) is 7.14. The van der Waals surface area contributed by atoms with Crippen LogP contribution in [0, 0.1) is 0 Å². The molecule has 0 aliphatic rings. The molecule has 0 N–H and O–H groups in total. The summed E-state index contributed by atoms with van der Waals surface area (Å²) in [6.45, 7) is 0. The van der Waals surface area contributed by atoms with Gasteiger partial charge in [0.25, 0.3) is 0 Å². The zero-order valence-electron chi connectivity index (χ0n) is 25.3. The number of rotatable bonds is 4. The van der Waals surface area contributed by atoms with Crippen LogP contribution in [-0.4, -0.2) is 0 Å². The fraction of sp³-hybridized carbons (Fsp3) is 0. The Hall–Kier alpha value is -5.98. The zero-order chi connectivity index (χ0) is 30.5. The lowest BCUT2D eigenvalue weighted by molar-refractivity contribution is 1.61. The van der Waals surface area contributed by atoms with Gasteiger partial charge in [-0.3, -0.25) is 0 Å². The van der Waals surface area contributed by atoms with Crippen molar-refractivity contribution < 1.29 is 0 Å². The molecule has 0 unspecified atom stereocenters. The van der Waals surface area contributed by atoms with E-state index in [1.165, 1.54) is 87.6 Å². The molecule has 0 heterocycles. The van der Waals surface area contributed by atoms with Crippen molar-refractivity contribution in [1.29, 1.82) is 0 Å². The Morgan fingerprint density at radius 2 is 0.478 bits per heavy atom. The summed E-state index contributed by atoms with van der Waals surface area (Å²) in [4.78, 5) is 0. The van der Waals surface area contributed by atoms with Crippen LogP contribution in [0.3, 0.4) is 0 Å². The molecule has 0 aliphatic carbocycles. The molecule has 214 valence electrons. The van der Waals surface area contributed by atoms with Crippen molar-refractivity contribution in [2.75, 3.05) is 0 Å². The molecular weight excluding hydrogens is 553 g/mol. The topological polar surface area (TPSA) is 0 Å². The van der Waals surface area contributed by atoms with Gasteiger partial charge in [-0.15, -0.1) is 0 Å². The summed E-state index contributed by atoms with van der Waals surface area (Å²) in [5.74, 6) is 0. The normalized spacial score (nSPS) is 11.5. The smallest absolute Gasteiger partial charge is 0.00926 e. The lowest BCUT2D eigenvalue weighted by atomic mass is 9.84. The average Bonchev–Trinajstić information content (AvgIpc) is 3.13. The molecule has 46 heavy (non-hydrogen) atoms. The standard InChI is InChI=1S/C46H30/c1-3-13-31(14-4-1)41-25-33-17-7-9-19-35(33)27-43(41)39-23-24-40(46-30-38-22-12-11-21-37(38)29-45(39)46)44-28-36-20-10-8-18-34(36)26-42(44)32-15-5-2-6-16-32/h1-30H. The quantitative estimate of drug-likeness (QED) is 0.181. The van der Waals surface area contributed by atoms with Gasteiger partial charge < -0.3 is 0 Å². The van der Waals surface area contributed by atoms with E-state index in [9.17, 15) is 0 Å². The Balaban J connectivity index is 1.39. The number of hydrogen-bond donors (Lipinski definition) is 0. The van der Waals surface area contributed by atoms with Gasteiger partial charge in [-0.05, 0) is 124 Å². The first-order chi connectivity index (χ1) is 22.8. The first-order valence-electron chi connectivity index (χ1n) is 15.9. The van der Waals surface area contributed by atoms with Crippen LogP contribution in [0.1, 0.15) is 0 Å². The van der Waals surface area contributed by atoms with E-state index < -0.39 is 0 Å². The van der Waals surface area contributed by atoms with Gasteiger partial charge >= 0.3 is 0 Å². The average molecular weight is 583 g/mol. The van der Waals surface area contributed by atoms with Crippen LogP contribution in [0.2, 0.25) is 0 Å². The van der Waals surface area contributed by atoms with Gasteiger partial charge in [0.1, 0.15) is 0 Å². The first kappa shape index (κ1) is 26.4. The number of benzene rings is 9. The van der Waals surface area contributed by atoms with Crippen LogP contribution in [0.25, 0.3) is 87.6 Å². The lowest BCUT2D eigenvalue weighted by Crippen LogP contribution is -1.92. The van der Waals surface area contributed by atoms with Crippen LogP contribution < -0.4 is 0 Å². The maximum Gasteiger partial charge on any atom is -0.00926 e. The van der Waals surface area contributed by atoms with Crippen LogP contribution in [-0.2, 0) is 0 Å². The molecule has 0 aliphatic heterocycles. The van der Waals surface area contributed by atoms with Crippen LogP contribution in [0.5, 0.6) is 0 Å².